The van der Waals surface area contributed by atoms with Crippen LogP contribution in [0.5, 0.6) is 0 Å². The molecule has 5 nitrogen and oxygen atoms in total. The largest absolute Gasteiger partial charge is 0.379 e. The van der Waals surface area contributed by atoms with E-state index in [1.54, 1.807) is 6.33 Å². The van der Waals surface area contributed by atoms with E-state index in [2.05, 4.69) is 40.7 Å². The molecule has 1 aromatic heterocycles. The number of aromatic nitrogens is 2. The first-order valence-electron chi connectivity index (χ1n) is 6.66. The summed E-state index contributed by atoms with van der Waals surface area (Å²) < 4.78 is 5.39. The normalized spacial score (nSPS) is 19.3. The van der Waals surface area contributed by atoms with Crippen LogP contribution in [0.3, 0.4) is 0 Å². The highest BCUT2D eigenvalue weighted by molar-refractivity contribution is 5.08. The van der Waals surface area contributed by atoms with Gasteiger partial charge in [-0.2, -0.15) is 0 Å². The highest BCUT2D eigenvalue weighted by Gasteiger charge is 2.18. The zero-order valence-electron chi connectivity index (χ0n) is 11.6. The van der Waals surface area contributed by atoms with Crippen LogP contribution in [-0.2, 0) is 11.3 Å². The minimum absolute atomic E-state index is 0.568. The third kappa shape index (κ3) is 3.54. The van der Waals surface area contributed by atoms with Crippen LogP contribution in [0.15, 0.2) is 6.33 Å². The van der Waals surface area contributed by atoms with Gasteiger partial charge in [0.1, 0.15) is 0 Å². The van der Waals surface area contributed by atoms with E-state index in [9.17, 15) is 0 Å². The first-order valence-corrected chi connectivity index (χ1v) is 6.66. The molecule has 1 fully saturated rings. The molecule has 0 spiro atoms. The second-order valence-electron chi connectivity index (χ2n) is 5.17. The molecule has 0 amide bonds. The Morgan fingerprint density at radius 1 is 1.50 bits per heavy atom. The standard InChI is InChI=1S/C13H24N4O/c1-11(17-4-6-18-7-5-17)8-16(3)9-13-12(2)14-10-15-13/h10-11H,4-9H2,1-3H3,(H,14,15)/t11-/m1/s1. The molecule has 2 heterocycles. The summed E-state index contributed by atoms with van der Waals surface area (Å²) in [6.45, 7) is 10.2. The van der Waals surface area contributed by atoms with Crippen LogP contribution in [-0.4, -0.2) is 65.7 Å². The monoisotopic (exact) mass is 252 g/mol. The number of imidazole rings is 1. The molecule has 102 valence electrons. The van der Waals surface area contributed by atoms with Crippen molar-refractivity contribution in [3.8, 4) is 0 Å². The highest BCUT2D eigenvalue weighted by atomic mass is 16.5. The van der Waals surface area contributed by atoms with Crippen LogP contribution in [0.25, 0.3) is 0 Å². The molecule has 1 N–H and O–H groups in total. The van der Waals surface area contributed by atoms with Crippen molar-refractivity contribution in [2.45, 2.75) is 26.4 Å². The Bertz CT molecular complexity index is 360. The smallest absolute Gasteiger partial charge is 0.0925 e. The lowest BCUT2D eigenvalue weighted by Crippen LogP contribution is -2.46. The zero-order valence-corrected chi connectivity index (χ0v) is 11.6. The van der Waals surface area contributed by atoms with E-state index in [1.807, 2.05) is 0 Å². The lowest BCUT2D eigenvalue weighted by molar-refractivity contribution is 0.0136. The van der Waals surface area contributed by atoms with Crippen LogP contribution in [0.2, 0.25) is 0 Å². The fourth-order valence-corrected chi connectivity index (χ4v) is 2.45. The Balaban J connectivity index is 1.79. The van der Waals surface area contributed by atoms with Gasteiger partial charge in [-0.25, -0.2) is 4.98 Å². The van der Waals surface area contributed by atoms with Crippen LogP contribution in [0.4, 0.5) is 0 Å². The van der Waals surface area contributed by atoms with Crippen LogP contribution in [0.1, 0.15) is 18.3 Å². The van der Waals surface area contributed by atoms with Gasteiger partial charge in [-0.1, -0.05) is 0 Å². The molecular formula is C13H24N4O. The maximum absolute atomic E-state index is 5.39. The molecule has 1 aromatic rings. The summed E-state index contributed by atoms with van der Waals surface area (Å²) in [6, 6.07) is 0.568. The molecular weight excluding hydrogens is 228 g/mol. The summed E-state index contributed by atoms with van der Waals surface area (Å²) in [5.41, 5.74) is 2.31. The second-order valence-corrected chi connectivity index (χ2v) is 5.17. The number of aryl methyl sites for hydroxylation is 1. The van der Waals surface area contributed by atoms with Gasteiger partial charge < -0.3 is 9.72 Å². The van der Waals surface area contributed by atoms with Gasteiger partial charge in [-0.3, -0.25) is 9.80 Å². The average Bonchev–Trinajstić information content (AvgIpc) is 2.76. The molecule has 0 aliphatic carbocycles. The summed E-state index contributed by atoms with van der Waals surface area (Å²) in [4.78, 5) is 12.3. The number of aromatic amines is 1. The fraction of sp³-hybridized carbons (Fsp3) is 0.769. The Morgan fingerprint density at radius 2 is 2.22 bits per heavy atom. The first kappa shape index (κ1) is 13.5. The predicted molar refractivity (Wildman–Crippen MR) is 71.5 cm³/mol. The van der Waals surface area contributed by atoms with E-state index in [1.165, 1.54) is 5.69 Å². The Kier molecular flexibility index (Phi) is 4.74. The van der Waals surface area contributed by atoms with Gasteiger partial charge in [0, 0.05) is 37.9 Å². The number of nitrogens with zero attached hydrogens (tertiary/aromatic N) is 3. The molecule has 1 atom stereocenters. The molecule has 18 heavy (non-hydrogen) atoms. The summed E-state index contributed by atoms with van der Waals surface area (Å²) >= 11 is 0. The van der Waals surface area contributed by atoms with Crippen LogP contribution < -0.4 is 0 Å². The Hall–Kier alpha value is -0.910. The molecule has 0 saturated carbocycles. The number of H-pyrrole nitrogens is 1. The van der Waals surface area contributed by atoms with Crippen molar-refractivity contribution in [3.05, 3.63) is 17.7 Å². The van der Waals surface area contributed by atoms with Crippen molar-refractivity contribution in [1.82, 2.24) is 19.8 Å². The van der Waals surface area contributed by atoms with E-state index >= 15 is 0 Å². The summed E-state index contributed by atoms with van der Waals surface area (Å²) in [7, 11) is 2.16. The maximum atomic E-state index is 5.39. The number of likely N-dealkylation sites (N-methyl/N-ethyl adjacent to an activating group) is 1. The number of nitrogens with one attached hydrogen (secondary N) is 1. The van der Waals surface area contributed by atoms with Gasteiger partial charge in [-0.05, 0) is 20.9 Å². The van der Waals surface area contributed by atoms with Crippen molar-refractivity contribution < 1.29 is 4.74 Å². The van der Waals surface area contributed by atoms with Crippen molar-refractivity contribution in [1.29, 1.82) is 0 Å². The molecule has 0 aromatic carbocycles. The van der Waals surface area contributed by atoms with Gasteiger partial charge in [0.25, 0.3) is 0 Å². The van der Waals surface area contributed by atoms with Gasteiger partial charge in [-0.15, -0.1) is 0 Å². The quantitative estimate of drug-likeness (QED) is 0.844. The number of morpholine rings is 1. The Labute approximate surface area is 109 Å². The second kappa shape index (κ2) is 6.31. The van der Waals surface area contributed by atoms with Gasteiger partial charge >= 0.3 is 0 Å². The maximum Gasteiger partial charge on any atom is 0.0925 e. The van der Waals surface area contributed by atoms with Gasteiger partial charge in [0.2, 0.25) is 0 Å². The molecule has 5 heteroatoms. The minimum atomic E-state index is 0.568. The van der Waals surface area contributed by atoms with E-state index in [-0.39, 0.29) is 0 Å². The molecule has 0 bridgehead atoms. The number of hydrogen-bond donors (Lipinski definition) is 1. The molecule has 1 aliphatic heterocycles. The zero-order chi connectivity index (χ0) is 13.0. The summed E-state index contributed by atoms with van der Waals surface area (Å²) in [6.07, 6.45) is 1.77. The molecule has 2 rings (SSSR count). The number of rotatable bonds is 5. The summed E-state index contributed by atoms with van der Waals surface area (Å²) in [5, 5.41) is 0. The summed E-state index contributed by atoms with van der Waals surface area (Å²) in [5.74, 6) is 0. The van der Waals surface area contributed by atoms with E-state index in [0.29, 0.717) is 6.04 Å². The van der Waals surface area contributed by atoms with Crippen LogP contribution >= 0.6 is 0 Å². The van der Waals surface area contributed by atoms with E-state index < -0.39 is 0 Å². The third-order valence-electron chi connectivity index (χ3n) is 3.60. The average molecular weight is 252 g/mol. The first-order chi connectivity index (χ1) is 8.66. The molecule has 1 aliphatic rings. The Morgan fingerprint density at radius 3 is 2.83 bits per heavy atom. The van der Waals surface area contributed by atoms with Crippen LogP contribution in [0, 0.1) is 6.92 Å². The van der Waals surface area contributed by atoms with E-state index in [4.69, 9.17) is 4.74 Å². The topological polar surface area (TPSA) is 44.4 Å². The van der Waals surface area contributed by atoms with Gasteiger partial charge in [0.15, 0.2) is 0 Å². The lowest BCUT2D eigenvalue weighted by Gasteiger charge is -2.34. The highest BCUT2D eigenvalue weighted by Crippen LogP contribution is 2.08. The molecule has 1 saturated heterocycles. The SMILES string of the molecule is Cc1[nH]cnc1CN(C)C[C@@H](C)N1CCOCC1. The van der Waals surface area contributed by atoms with Gasteiger partial charge in [0.05, 0.1) is 25.2 Å². The molecule has 0 radical (unpaired) electrons. The van der Waals surface area contributed by atoms with Crippen molar-refractivity contribution in [2.24, 2.45) is 0 Å². The van der Waals surface area contributed by atoms with Crippen molar-refractivity contribution in [2.75, 3.05) is 39.9 Å². The fourth-order valence-electron chi connectivity index (χ4n) is 2.45. The third-order valence-corrected chi connectivity index (χ3v) is 3.60. The number of ether oxygens (including phenoxy) is 1. The number of hydrogen-bond acceptors (Lipinski definition) is 4. The van der Waals surface area contributed by atoms with Crippen molar-refractivity contribution in [3.63, 3.8) is 0 Å². The van der Waals surface area contributed by atoms with E-state index in [0.717, 1.165) is 45.1 Å². The molecule has 0 unspecified atom stereocenters. The lowest BCUT2D eigenvalue weighted by atomic mass is 10.2. The van der Waals surface area contributed by atoms with Crippen molar-refractivity contribution >= 4 is 0 Å². The predicted octanol–water partition coefficient (Wildman–Crippen LogP) is 0.871. The minimum Gasteiger partial charge on any atom is -0.379 e.